The number of aryl methyl sites for hydroxylation is 1. The number of carbonyl (C=O) groups is 1. The lowest BCUT2D eigenvalue weighted by molar-refractivity contribution is -0.138. The number of hydrogen-bond donors (Lipinski definition) is 2. The molecule has 0 saturated carbocycles. The van der Waals surface area contributed by atoms with Crippen molar-refractivity contribution in [3.63, 3.8) is 0 Å². The number of hydrogen-bond acceptors (Lipinski definition) is 2. The minimum Gasteiger partial charge on any atom is -0.481 e. The first kappa shape index (κ1) is 14.6. The molecule has 2 aromatic rings. The molecule has 20 heavy (non-hydrogen) atoms. The monoisotopic (exact) mass is 333 g/mol. The molecular formula is C16H16BrNO2. The van der Waals surface area contributed by atoms with Gasteiger partial charge in [0.05, 0.1) is 5.92 Å². The summed E-state index contributed by atoms with van der Waals surface area (Å²) in [6.07, 6.45) is 0. The molecule has 3 nitrogen and oxygen atoms in total. The van der Waals surface area contributed by atoms with Crippen LogP contribution < -0.4 is 5.32 Å². The summed E-state index contributed by atoms with van der Waals surface area (Å²) in [5.74, 6) is -1.39. The molecule has 0 bridgehead atoms. The van der Waals surface area contributed by atoms with Crippen molar-refractivity contribution in [2.75, 3.05) is 11.9 Å². The van der Waals surface area contributed by atoms with Crippen molar-refractivity contribution in [2.24, 2.45) is 0 Å². The molecule has 0 saturated heterocycles. The van der Waals surface area contributed by atoms with Crippen LogP contribution in [0.3, 0.4) is 0 Å². The summed E-state index contributed by atoms with van der Waals surface area (Å²) in [5.41, 5.74) is 2.86. The Balaban J connectivity index is 2.12. The summed E-state index contributed by atoms with van der Waals surface area (Å²) < 4.78 is 0.940. The van der Waals surface area contributed by atoms with Crippen LogP contribution in [0, 0.1) is 6.92 Å². The molecule has 1 unspecified atom stereocenters. The van der Waals surface area contributed by atoms with E-state index in [1.165, 1.54) is 0 Å². The lowest BCUT2D eigenvalue weighted by atomic mass is 9.99. The van der Waals surface area contributed by atoms with E-state index in [0.29, 0.717) is 6.54 Å². The predicted molar refractivity (Wildman–Crippen MR) is 84.2 cm³/mol. The maximum Gasteiger partial charge on any atom is 0.312 e. The van der Waals surface area contributed by atoms with E-state index in [-0.39, 0.29) is 0 Å². The number of halogens is 1. The largest absolute Gasteiger partial charge is 0.481 e. The van der Waals surface area contributed by atoms with Gasteiger partial charge in [-0.15, -0.1) is 0 Å². The standard InChI is InChI=1S/C16H16BrNO2/c1-11-7-8-15(14(17)9-11)18-10-13(16(19)20)12-5-3-2-4-6-12/h2-9,13,18H,10H2,1H3,(H,19,20). The molecule has 104 valence electrons. The van der Waals surface area contributed by atoms with Gasteiger partial charge in [0.15, 0.2) is 0 Å². The quantitative estimate of drug-likeness (QED) is 0.868. The molecule has 0 heterocycles. The summed E-state index contributed by atoms with van der Waals surface area (Å²) in [4.78, 5) is 11.4. The summed E-state index contributed by atoms with van der Waals surface area (Å²) in [7, 11) is 0. The van der Waals surface area contributed by atoms with Crippen molar-refractivity contribution in [2.45, 2.75) is 12.8 Å². The highest BCUT2D eigenvalue weighted by atomic mass is 79.9. The Morgan fingerprint density at radius 3 is 2.55 bits per heavy atom. The van der Waals surface area contributed by atoms with Crippen LogP contribution in [0.15, 0.2) is 53.0 Å². The Bertz CT molecular complexity index is 599. The Kier molecular flexibility index (Phi) is 4.79. The van der Waals surface area contributed by atoms with E-state index in [2.05, 4.69) is 21.2 Å². The normalized spacial score (nSPS) is 11.9. The number of rotatable bonds is 5. The van der Waals surface area contributed by atoms with Crippen molar-refractivity contribution in [3.05, 3.63) is 64.1 Å². The van der Waals surface area contributed by atoms with Gasteiger partial charge in [0, 0.05) is 16.7 Å². The van der Waals surface area contributed by atoms with Gasteiger partial charge in [-0.3, -0.25) is 4.79 Å². The molecule has 0 aliphatic carbocycles. The second-order valence-corrected chi connectivity index (χ2v) is 5.52. The van der Waals surface area contributed by atoms with Crippen LogP contribution in [-0.2, 0) is 4.79 Å². The highest BCUT2D eigenvalue weighted by Gasteiger charge is 2.19. The average molecular weight is 334 g/mol. The molecule has 0 aliphatic heterocycles. The van der Waals surface area contributed by atoms with Gasteiger partial charge in [0.25, 0.3) is 0 Å². The Morgan fingerprint density at radius 1 is 1.25 bits per heavy atom. The van der Waals surface area contributed by atoms with E-state index in [1.807, 2.05) is 55.5 Å². The van der Waals surface area contributed by atoms with Gasteiger partial charge in [-0.2, -0.15) is 0 Å². The first-order valence-electron chi connectivity index (χ1n) is 6.35. The van der Waals surface area contributed by atoms with Crippen LogP contribution in [0.4, 0.5) is 5.69 Å². The zero-order valence-corrected chi connectivity index (χ0v) is 12.7. The Labute approximate surface area is 126 Å². The summed E-state index contributed by atoms with van der Waals surface area (Å²) in [6.45, 7) is 2.36. The van der Waals surface area contributed by atoms with Crippen molar-refractivity contribution in [3.8, 4) is 0 Å². The highest BCUT2D eigenvalue weighted by molar-refractivity contribution is 9.10. The molecule has 0 aliphatic rings. The van der Waals surface area contributed by atoms with Crippen LogP contribution in [0.5, 0.6) is 0 Å². The van der Waals surface area contributed by atoms with E-state index in [1.54, 1.807) is 0 Å². The molecule has 4 heteroatoms. The topological polar surface area (TPSA) is 49.3 Å². The Morgan fingerprint density at radius 2 is 1.95 bits per heavy atom. The predicted octanol–water partition coefficient (Wildman–Crippen LogP) is 4.04. The van der Waals surface area contributed by atoms with Gasteiger partial charge in [0.1, 0.15) is 0 Å². The zero-order chi connectivity index (χ0) is 14.5. The highest BCUT2D eigenvalue weighted by Crippen LogP contribution is 2.25. The van der Waals surface area contributed by atoms with E-state index < -0.39 is 11.9 Å². The van der Waals surface area contributed by atoms with E-state index in [4.69, 9.17) is 0 Å². The van der Waals surface area contributed by atoms with Gasteiger partial charge < -0.3 is 10.4 Å². The third kappa shape index (κ3) is 3.61. The molecular weight excluding hydrogens is 318 g/mol. The number of nitrogens with one attached hydrogen (secondary N) is 1. The number of carboxylic acid groups (broad SMARTS) is 1. The average Bonchev–Trinajstić information content (AvgIpc) is 2.42. The molecule has 0 fully saturated rings. The van der Waals surface area contributed by atoms with Crippen LogP contribution >= 0.6 is 15.9 Å². The number of benzene rings is 2. The number of anilines is 1. The summed E-state index contributed by atoms with van der Waals surface area (Å²) >= 11 is 3.48. The van der Waals surface area contributed by atoms with Crippen molar-refractivity contribution in [1.29, 1.82) is 0 Å². The third-order valence-corrected chi connectivity index (χ3v) is 3.78. The first-order chi connectivity index (χ1) is 9.58. The van der Waals surface area contributed by atoms with Crippen molar-refractivity contribution < 1.29 is 9.90 Å². The summed E-state index contributed by atoms with van der Waals surface area (Å²) in [5, 5.41) is 12.6. The molecule has 0 aromatic heterocycles. The summed E-state index contributed by atoms with van der Waals surface area (Å²) in [6, 6.07) is 15.2. The minimum atomic E-state index is -0.827. The van der Waals surface area contributed by atoms with Gasteiger partial charge in [-0.25, -0.2) is 0 Å². The minimum absolute atomic E-state index is 0.348. The van der Waals surface area contributed by atoms with Crippen LogP contribution in [0.2, 0.25) is 0 Å². The maximum atomic E-state index is 11.4. The lowest BCUT2D eigenvalue weighted by Crippen LogP contribution is -2.21. The fraction of sp³-hybridized carbons (Fsp3) is 0.188. The second kappa shape index (κ2) is 6.57. The smallest absolute Gasteiger partial charge is 0.312 e. The molecule has 0 spiro atoms. The number of carboxylic acids is 1. The second-order valence-electron chi connectivity index (χ2n) is 4.67. The molecule has 0 radical (unpaired) electrons. The van der Waals surface area contributed by atoms with Gasteiger partial charge >= 0.3 is 5.97 Å². The molecule has 0 amide bonds. The SMILES string of the molecule is Cc1ccc(NCC(C(=O)O)c2ccccc2)c(Br)c1. The van der Waals surface area contributed by atoms with E-state index in [0.717, 1.165) is 21.3 Å². The van der Waals surface area contributed by atoms with Gasteiger partial charge in [-0.1, -0.05) is 36.4 Å². The first-order valence-corrected chi connectivity index (χ1v) is 7.15. The van der Waals surface area contributed by atoms with Crippen molar-refractivity contribution >= 4 is 27.6 Å². The van der Waals surface area contributed by atoms with E-state index in [9.17, 15) is 9.90 Å². The van der Waals surface area contributed by atoms with Crippen LogP contribution in [0.25, 0.3) is 0 Å². The fourth-order valence-corrected chi connectivity index (χ4v) is 2.64. The zero-order valence-electron chi connectivity index (χ0n) is 11.1. The van der Waals surface area contributed by atoms with Crippen LogP contribution in [0.1, 0.15) is 17.0 Å². The molecule has 2 N–H and O–H groups in total. The maximum absolute atomic E-state index is 11.4. The number of aliphatic carboxylic acids is 1. The lowest BCUT2D eigenvalue weighted by Gasteiger charge is -2.15. The fourth-order valence-electron chi connectivity index (χ4n) is 2.01. The Hall–Kier alpha value is -1.81. The van der Waals surface area contributed by atoms with Crippen LogP contribution in [-0.4, -0.2) is 17.6 Å². The van der Waals surface area contributed by atoms with Gasteiger partial charge in [-0.05, 0) is 46.1 Å². The van der Waals surface area contributed by atoms with E-state index >= 15 is 0 Å². The third-order valence-electron chi connectivity index (χ3n) is 3.12. The molecule has 2 rings (SSSR count). The van der Waals surface area contributed by atoms with Crippen molar-refractivity contribution in [1.82, 2.24) is 0 Å². The molecule has 2 aromatic carbocycles. The van der Waals surface area contributed by atoms with Gasteiger partial charge in [0.2, 0.25) is 0 Å². The molecule has 1 atom stereocenters.